The Morgan fingerprint density at radius 3 is 2.00 bits per heavy atom. The molecule has 0 aliphatic carbocycles. The topological polar surface area (TPSA) is 24.3 Å². The van der Waals surface area contributed by atoms with Crippen molar-refractivity contribution in [3.63, 3.8) is 0 Å². The summed E-state index contributed by atoms with van der Waals surface area (Å²) in [5.41, 5.74) is 7.74. The van der Waals surface area contributed by atoms with E-state index in [1.165, 1.54) is 33.1 Å². The van der Waals surface area contributed by atoms with E-state index in [4.69, 9.17) is 4.98 Å². The van der Waals surface area contributed by atoms with Gasteiger partial charge in [-0.25, -0.2) is 9.37 Å². The van der Waals surface area contributed by atoms with E-state index in [0.29, 0.717) is 5.92 Å². The summed E-state index contributed by atoms with van der Waals surface area (Å²) in [4.78, 5) is 10.4. The lowest BCUT2D eigenvalue weighted by Gasteiger charge is -2.54. The predicted molar refractivity (Wildman–Crippen MR) is 240 cm³/mol. The largest absolute Gasteiger partial charge is 0.344 e. The second-order valence-electron chi connectivity index (χ2n) is 16.7. The van der Waals surface area contributed by atoms with Gasteiger partial charge in [0, 0.05) is 57.5 Å². The molecule has 2 aromatic heterocycles. The molecule has 6 aromatic rings. The van der Waals surface area contributed by atoms with Gasteiger partial charge in [-0.2, -0.15) is 0 Å². The number of para-hydroxylation sites is 1. The molecule has 2 heterocycles. The third-order valence-corrected chi connectivity index (χ3v) is 13.0. The number of pyridine rings is 1. The van der Waals surface area contributed by atoms with Gasteiger partial charge < -0.3 is 14.4 Å². The van der Waals surface area contributed by atoms with Crippen molar-refractivity contribution in [1.82, 2.24) is 9.55 Å². The Hall–Kier alpha value is -4.64. The number of anilines is 4. The van der Waals surface area contributed by atoms with Crippen LogP contribution >= 0.6 is 0 Å². The molecule has 0 N–H and O–H groups in total. The van der Waals surface area contributed by atoms with Crippen LogP contribution in [0.25, 0.3) is 21.8 Å². The van der Waals surface area contributed by atoms with Crippen molar-refractivity contribution in [3.8, 4) is 0 Å². The first-order chi connectivity index (χ1) is 27.0. The zero-order valence-corrected chi connectivity index (χ0v) is 35.6. The number of hydrogen-bond acceptors (Lipinski definition) is 3. The van der Waals surface area contributed by atoms with E-state index in [1.54, 1.807) is 12.1 Å². The molecule has 0 spiro atoms. The number of rotatable bonds is 18. The van der Waals surface area contributed by atoms with Crippen molar-refractivity contribution in [3.05, 3.63) is 126 Å². The van der Waals surface area contributed by atoms with Crippen molar-refractivity contribution in [2.75, 3.05) is 9.80 Å². The van der Waals surface area contributed by atoms with Gasteiger partial charge in [0.05, 0.1) is 11.1 Å². The lowest BCUT2D eigenvalue weighted by molar-refractivity contribution is 0.215. The van der Waals surface area contributed by atoms with Gasteiger partial charge in [0.1, 0.15) is 11.6 Å². The first kappa shape index (κ1) is 41.0. The predicted octanol–water partition coefficient (Wildman–Crippen LogP) is 14.9. The fourth-order valence-corrected chi connectivity index (χ4v) is 9.25. The standard InChI is InChI=1S/C51H65FN4/c1-10-14-20-38(6)55(41-28-26-40(52)27-29-41)43-30-32-45-44-31-25-39(35-47(44)54(9)48(45)36-43)50(7,33-12-3)51(8,34-15-11-2)56(42-21-17-16-18-22-42)49-24-19-23-46(53-49)37(5)13-4/h16-19,21-32,35-38H,10-15,20,33-34H2,1-9H3. The molecule has 0 fully saturated rings. The smallest absolute Gasteiger partial charge is 0.133 e. The minimum absolute atomic E-state index is 0.210. The van der Waals surface area contributed by atoms with Crippen LogP contribution < -0.4 is 9.80 Å². The normalized spacial score (nSPS) is 15.0. The summed E-state index contributed by atoms with van der Waals surface area (Å²) in [6, 6.07) is 39.0. The molecule has 0 radical (unpaired) electrons. The van der Waals surface area contributed by atoms with Crippen molar-refractivity contribution in [2.45, 2.75) is 136 Å². The summed E-state index contributed by atoms with van der Waals surface area (Å²) in [6.45, 7) is 18.7. The Balaban J connectivity index is 1.53. The van der Waals surface area contributed by atoms with Crippen LogP contribution in [-0.2, 0) is 12.5 Å². The van der Waals surface area contributed by atoms with Crippen LogP contribution in [0.4, 0.5) is 27.3 Å². The van der Waals surface area contributed by atoms with Gasteiger partial charge in [-0.15, -0.1) is 0 Å². The lowest BCUT2D eigenvalue weighted by Crippen LogP contribution is -2.58. The van der Waals surface area contributed by atoms with E-state index in [-0.39, 0.29) is 22.8 Å². The summed E-state index contributed by atoms with van der Waals surface area (Å²) >= 11 is 0. The summed E-state index contributed by atoms with van der Waals surface area (Å²) in [6.07, 6.45) is 9.76. The van der Waals surface area contributed by atoms with Crippen LogP contribution in [0.1, 0.15) is 130 Å². The maximum absolute atomic E-state index is 14.1. The zero-order valence-electron chi connectivity index (χ0n) is 35.6. The van der Waals surface area contributed by atoms with Crippen molar-refractivity contribution < 1.29 is 4.39 Å². The van der Waals surface area contributed by atoms with E-state index in [1.807, 2.05) is 12.1 Å². The molecule has 5 heteroatoms. The first-order valence-electron chi connectivity index (χ1n) is 21.4. The summed E-state index contributed by atoms with van der Waals surface area (Å²) in [5, 5.41) is 2.52. The van der Waals surface area contributed by atoms with Crippen LogP contribution in [0.15, 0.2) is 109 Å². The van der Waals surface area contributed by atoms with E-state index < -0.39 is 0 Å². The van der Waals surface area contributed by atoms with Gasteiger partial charge in [0.2, 0.25) is 0 Å². The molecule has 4 atom stereocenters. The monoisotopic (exact) mass is 753 g/mol. The van der Waals surface area contributed by atoms with Gasteiger partial charge in [-0.05, 0) is 118 Å². The Labute approximate surface area is 336 Å². The van der Waals surface area contributed by atoms with Crippen molar-refractivity contribution in [1.29, 1.82) is 0 Å². The number of benzene rings is 4. The molecular formula is C51H65FN4. The average molecular weight is 753 g/mol. The summed E-state index contributed by atoms with van der Waals surface area (Å²) in [7, 11) is 2.22. The maximum Gasteiger partial charge on any atom is 0.133 e. The number of fused-ring (bicyclic) bond motifs is 3. The van der Waals surface area contributed by atoms with E-state index in [2.05, 4.69) is 162 Å². The van der Waals surface area contributed by atoms with Gasteiger partial charge >= 0.3 is 0 Å². The average Bonchev–Trinajstić information content (AvgIpc) is 3.50. The Morgan fingerprint density at radius 1 is 0.679 bits per heavy atom. The fourth-order valence-electron chi connectivity index (χ4n) is 9.25. The molecule has 4 aromatic carbocycles. The molecule has 0 saturated carbocycles. The minimum atomic E-state index is -0.308. The van der Waals surface area contributed by atoms with Crippen LogP contribution in [0.5, 0.6) is 0 Å². The SMILES string of the molecule is CCCCC(C)N(c1ccc(F)cc1)c1ccc2c3ccc(C(C)(CCC)C(C)(CCCC)N(c4ccccc4)c4cccc(C(C)CC)n4)cc3n(C)c2c1. The maximum atomic E-state index is 14.1. The number of halogens is 1. The van der Waals surface area contributed by atoms with Gasteiger partial charge in [0.15, 0.2) is 0 Å². The molecule has 0 aliphatic rings. The first-order valence-corrected chi connectivity index (χ1v) is 21.4. The molecule has 0 amide bonds. The van der Waals surface area contributed by atoms with E-state index >= 15 is 0 Å². The molecule has 296 valence electrons. The third-order valence-electron chi connectivity index (χ3n) is 13.0. The molecule has 0 bridgehead atoms. The number of aromatic nitrogens is 2. The van der Waals surface area contributed by atoms with E-state index in [9.17, 15) is 4.39 Å². The molecule has 0 aliphatic heterocycles. The molecule has 4 unspecified atom stereocenters. The number of nitrogens with zero attached hydrogens (tertiary/aromatic N) is 4. The highest BCUT2D eigenvalue weighted by Crippen LogP contribution is 2.51. The number of hydrogen-bond donors (Lipinski definition) is 0. The highest BCUT2D eigenvalue weighted by Gasteiger charge is 2.50. The highest BCUT2D eigenvalue weighted by atomic mass is 19.1. The second-order valence-corrected chi connectivity index (χ2v) is 16.7. The Morgan fingerprint density at radius 2 is 1.34 bits per heavy atom. The van der Waals surface area contributed by atoms with Crippen LogP contribution in [0.3, 0.4) is 0 Å². The number of aryl methyl sites for hydroxylation is 1. The van der Waals surface area contributed by atoms with Crippen molar-refractivity contribution in [2.24, 2.45) is 7.05 Å². The molecule has 6 rings (SSSR count). The Kier molecular flexibility index (Phi) is 12.9. The quantitative estimate of drug-likeness (QED) is 0.0874. The molecule has 56 heavy (non-hydrogen) atoms. The van der Waals surface area contributed by atoms with Crippen molar-refractivity contribution >= 4 is 44.7 Å². The van der Waals surface area contributed by atoms with Crippen LogP contribution in [-0.4, -0.2) is 21.1 Å². The molecule has 4 nitrogen and oxygen atoms in total. The Bertz CT molecular complexity index is 2190. The molecule has 0 saturated heterocycles. The highest BCUT2D eigenvalue weighted by molar-refractivity contribution is 6.09. The fraction of sp³-hybridized carbons (Fsp3) is 0.431. The van der Waals surface area contributed by atoms with Crippen LogP contribution in [0.2, 0.25) is 0 Å². The molecular weight excluding hydrogens is 688 g/mol. The summed E-state index contributed by atoms with van der Waals surface area (Å²) < 4.78 is 16.5. The second kappa shape index (κ2) is 17.7. The third kappa shape index (κ3) is 7.84. The summed E-state index contributed by atoms with van der Waals surface area (Å²) in [5.74, 6) is 1.19. The van der Waals surface area contributed by atoms with Gasteiger partial charge in [0.25, 0.3) is 0 Å². The lowest BCUT2D eigenvalue weighted by atomic mass is 9.61. The van der Waals surface area contributed by atoms with Gasteiger partial charge in [-0.1, -0.05) is 116 Å². The van der Waals surface area contributed by atoms with Crippen LogP contribution in [0, 0.1) is 5.82 Å². The minimum Gasteiger partial charge on any atom is -0.344 e. The van der Waals surface area contributed by atoms with E-state index in [0.717, 1.165) is 80.7 Å². The number of unbranched alkanes of at least 4 members (excludes halogenated alkanes) is 2. The van der Waals surface area contributed by atoms with Gasteiger partial charge in [-0.3, -0.25) is 0 Å². The zero-order chi connectivity index (χ0) is 40.0.